The third-order valence-electron chi connectivity index (χ3n) is 3.04. The van der Waals surface area contributed by atoms with Gasteiger partial charge in [-0.15, -0.1) is 0 Å². The van der Waals surface area contributed by atoms with E-state index in [9.17, 15) is 0 Å². The molecule has 2 heteroatoms. The molecule has 0 bridgehead atoms. The highest BCUT2D eigenvalue weighted by molar-refractivity contribution is 5.13. The molecule has 0 heterocycles. The molecule has 100 valence electrons. The van der Waals surface area contributed by atoms with E-state index in [1.807, 2.05) is 13.0 Å². The summed E-state index contributed by atoms with van der Waals surface area (Å²) in [5.74, 6) is 0.918. The standard InChI is InChI=1S/C16H25NO/c1-4-6-13-17(14-18-15(3)10-5-2)16-11-8-7-9-12-16/h5,7-11,16H,2,4,6,12-14H2,1,3H3/b15-10+/t16-/m0/s1. The van der Waals surface area contributed by atoms with Gasteiger partial charge < -0.3 is 4.74 Å². The highest BCUT2D eigenvalue weighted by Gasteiger charge is 2.15. The normalized spacial score (nSPS) is 19.3. The van der Waals surface area contributed by atoms with Crippen molar-refractivity contribution in [3.05, 3.63) is 48.8 Å². The van der Waals surface area contributed by atoms with Crippen LogP contribution in [0, 0.1) is 0 Å². The van der Waals surface area contributed by atoms with Crippen molar-refractivity contribution in [2.75, 3.05) is 13.3 Å². The summed E-state index contributed by atoms with van der Waals surface area (Å²) in [5.41, 5.74) is 0. The molecule has 0 unspecified atom stereocenters. The zero-order valence-electron chi connectivity index (χ0n) is 11.6. The molecule has 0 aliphatic heterocycles. The molecule has 2 nitrogen and oxygen atoms in total. The maximum absolute atomic E-state index is 5.75. The van der Waals surface area contributed by atoms with Crippen LogP contribution in [0.15, 0.2) is 48.8 Å². The maximum atomic E-state index is 5.75. The summed E-state index contributed by atoms with van der Waals surface area (Å²) in [6.45, 7) is 9.60. The van der Waals surface area contributed by atoms with E-state index in [4.69, 9.17) is 4.74 Å². The van der Waals surface area contributed by atoms with Gasteiger partial charge in [-0.1, -0.05) is 50.3 Å². The first-order valence-electron chi connectivity index (χ1n) is 6.77. The van der Waals surface area contributed by atoms with Gasteiger partial charge in [-0.05, 0) is 25.8 Å². The number of rotatable bonds is 8. The van der Waals surface area contributed by atoms with E-state index in [1.165, 1.54) is 12.8 Å². The van der Waals surface area contributed by atoms with Crippen molar-refractivity contribution in [2.24, 2.45) is 0 Å². The van der Waals surface area contributed by atoms with Crippen LogP contribution in [-0.4, -0.2) is 24.2 Å². The molecule has 0 spiro atoms. The maximum Gasteiger partial charge on any atom is 0.142 e. The van der Waals surface area contributed by atoms with Gasteiger partial charge in [0.25, 0.3) is 0 Å². The Morgan fingerprint density at radius 1 is 1.50 bits per heavy atom. The van der Waals surface area contributed by atoms with E-state index in [1.54, 1.807) is 6.08 Å². The molecule has 0 saturated carbocycles. The van der Waals surface area contributed by atoms with Crippen LogP contribution in [0.4, 0.5) is 0 Å². The fraction of sp³-hybridized carbons (Fsp3) is 0.500. The second kappa shape index (κ2) is 8.76. The molecule has 0 aromatic heterocycles. The summed E-state index contributed by atoms with van der Waals surface area (Å²) in [5, 5.41) is 0. The quantitative estimate of drug-likeness (QED) is 0.365. The highest BCUT2D eigenvalue weighted by atomic mass is 16.5. The smallest absolute Gasteiger partial charge is 0.142 e. The molecule has 0 aromatic carbocycles. The molecule has 18 heavy (non-hydrogen) atoms. The van der Waals surface area contributed by atoms with Crippen LogP contribution in [-0.2, 0) is 4.74 Å². The summed E-state index contributed by atoms with van der Waals surface area (Å²) in [4.78, 5) is 2.39. The van der Waals surface area contributed by atoms with Crippen molar-refractivity contribution in [1.29, 1.82) is 0 Å². The van der Waals surface area contributed by atoms with Gasteiger partial charge in [0.15, 0.2) is 0 Å². The second-order valence-corrected chi connectivity index (χ2v) is 4.57. The van der Waals surface area contributed by atoms with Gasteiger partial charge in [0.2, 0.25) is 0 Å². The average Bonchev–Trinajstić information content (AvgIpc) is 2.40. The number of nitrogens with zero attached hydrogens (tertiary/aromatic N) is 1. The Labute approximate surface area is 111 Å². The van der Waals surface area contributed by atoms with Crippen molar-refractivity contribution in [3.8, 4) is 0 Å². The van der Waals surface area contributed by atoms with Crippen LogP contribution >= 0.6 is 0 Å². The van der Waals surface area contributed by atoms with Crippen LogP contribution in [0.1, 0.15) is 33.1 Å². The zero-order chi connectivity index (χ0) is 13.2. The lowest BCUT2D eigenvalue weighted by Gasteiger charge is -2.29. The van der Waals surface area contributed by atoms with Gasteiger partial charge in [-0.2, -0.15) is 0 Å². The minimum Gasteiger partial charge on any atom is -0.483 e. The molecule has 0 radical (unpaired) electrons. The predicted octanol–water partition coefficient (Wildman–Crippen LogP) is 4.04. The molecule has 1 atom stereocenters. The molecular formula is C16H25NO. The first-order chi connectivity index (χ1) is 8.77. The molecule has 0 aromatic rings. The van der Waals surface area contributed by atoms with Crippen molar-refractivity contribution in [2.45, 2.75) is 39.2 Å². The molecule has 1 aliphatic carbocycles. The molecule has 1 aliphatic rings. The topological polar surface area (TPSA) is 12.5 Å². The van der Waals surface area contributed by atoms with Crippen LogP contribution in [0.25, 0.3) is 0 Å². The monoisotopic (exact) mass is 247 g/mol. The summed E-state index contributed by atoms with van der Waals surface area (Å²) in [7, 11) is 0. The fourth-order valence-corrected chi connectivity index (χ4v) is 1.92. The van der Waals surface area contributed by atoms with E-state index < -0.39 is 0 Å². The van der Waals surface area contributed by atoms with E-state index in [0.29, 0.717) is 12.8 Å². The van der Waals surface area contributed by atoms with E-state index in [-0.39, 0.29) is 0 Å². The molecular weight excluding hydrogens is 222 g/mol. The Morgan fingerprint density at radius 3 is 2.94 bits per heavy atom. The minimum absolute atomic E-state index is 0.470. The van der Waals surface area contributed by atoms with Crippen molar-refractivity contribution in [3.63, 3.8) is 0 Å². The number of allylic oxidation sites excluding steroid dienone is 5. The van der Waals surface area contributed by atoms with Crippen molar-refractivity contribution in [1.82, 2.24) is 4.90 Å². The number of unbranched alkanes of at least 4 members (excludes halogenated alkanes) is 1. The summed E-state index contributed by atoms with van der Waals surface area (Å²) >= 11 is 0. The summed E-state index contributed by atoms with van der Waals surface area (Å²) < 4.78 is 5.75. The summed E-state index contributed by atoms with van der Waals surface area (Å²) in [6.07, 6.45) is 15.9. The minimum atomic E-state index is 0.470. The van der Waals surface area contributed by atoms with Crippen molar-refractivity contribution < 1.29 is 4.74 Å². The Kier molecular flexibility index (Phi) is 7.19. The number of ether oxygens (including phenoxy) is 1. The highest BCUT2D eigenvalue weighted by Crippen LogP contribution is 2.13. The van der Waals surface area contributed by atoms with Crippen LogP contribution in [0.3, 0.4) is 0 Å². The average molecular weight is 247 g/mol. The van der Waals surface area contributed by atoms with Crippen molar-refractivity contribution >= 4 is 0 Å². The van der Waals surface area contributed by atoms with E-state index in [0.717, 1.165) is 18.7 Å². The number of hydrogen-bond acceptors (Lipinski definition) is 2. The van der Waals surface area contributed by atoms with E-state index >= 15 is 0 Å². The fourth-order valence-electron chi connectivity index (χ4n) is 1.92. The molecule has 1 rings (SSSR count). The van der Waals surface area contributed by atoms with Gasteiger partial charge in [0.1, 0.15) is 6.73 Å². The largest absolute Gasteiger partial charge is 0.483 e. The Morgan fingerprint density at radius 2 is 2.33 bits per heavy atom. The lowest BCUT2D eigenvalue weighted by molar-refractivity contribution is 0.0541. The van der Waals surface area contributed by atoms with Gasteiger partial charge in [-0.25, -0.2) is 0 Å². The number of hydrogen-bond donors (Lipinski definition) is 0. The van der Waals surface area contributed by atoms with Crippen LogP contribution < -0.4 is 0 Å². The Hall–Kier alpha value is -1.28. The van der Waals surface area contributed by atoms with Gasteiger partial charge in [0.05, 0.1) is 5.76 Å². The zero-order valence-corrected chi connectivity index (χ0v) is 11.6. The summed E-state index contributed by atoms with van der Waals surface area (Å²) in [6, 6.07) is 0.470. The third kappa shape index (κ3) is 5.37. The molecule has 0 saturated heterocycles. The lowest BCUT2D eigenvalue weighted by atomic mass is 10.1. The van der Waals surface area contributed by atoms with Gasteiger partial charge in [-0.3, -0.25) is 4.90 Å². The third-order valence-corrected chi connectivity index (χ3v) is 3.04. The first kappa shape index (κ1) is 14.8. The van der Waals surface area contributed by atoms with Crippen LogP contribution in [0.2, 0.25) is 0 Å². The SMILES string of the molecule is C=C/C=C(\C)OCN(CCCC)[C@H]1C=CC=CC1. The molecule has 0 fully saturated rings. The molecule has 0 N–H and O–H groups in total. The van der Waals surface area contributed by atoms with Gasteiger partial charge >= 0.3 is 0 Å². The van der Waals surface area contributed by atoms with E-state index in [2.05, 4.69) is 42.7 Å². The second-order valence-electron chi connectivity index (χ2n) is 4.57. The van der Waals surface area contributed by atoms with Gasteiger partial charge in [0, 0.05) is 12.6 Å². The van der Waals surface area contributed by atoms with Crippen LogP contribution in [0.5, 0.6) is 0 Å². The molecule has 0 amide bonds. The lowest BCUT2D eigenvalue weighted by Crippen LogP contribution is -2.36. The Balaban J connectivity index is 2.49. The Bertz CT molecular complexity index is 328. The first-order valence-corrected chi connectivity index (χ1v) is 6.77. The predicted molar refractivity (Wildman–Crippen MR) is 78.2 cm³/mol.